The molecule has 0 spiro atoms. The van der Waals surface area contributed by atoms with Crippen molar-refractivity contribution < 1.29 is 13.9 Å². The van der Waals surface area contributed by atoms with Gasteiger partial charge in [-0.15, -0.1) is 0 Å². The van der Waals surface area contributed by atoms with E-state index in [1.165, 1.54) is 12.1 Å². The van der Waals surface area contributed by atoms with Crippen molar-refractivity contribution in [1.29, 1.82) is 0 Å². The van der Waals surface area contributed by atoms with Crippen LogP contribution in [-0.2, 0) is 0 Å². The lowest BCUT2D eigenvalue weighted by molar-refractivity contribution is 0.395. The van der Waals surface area contributed by atoms with Crippen molar-refractivity contribution in [2.45, 2.75) is 6.04 Å². The molecular weight excluding hydrogens is 293 g/mol. The molecule has 0 fully saturated rings. The van der Waals surface area contributed by atoms with Crippen molar-refractivity contribution in [2.24, 2.45) is 0 Å². The molecule has 5 heteroatoms. The van der Waals surface area contributed by atoms with Gasteiger partial charge in [-0.05, 0) is 42.9 Å². The first-order valence-corrected chi connectivity index (χ1v) is 6.82. The van der Waals surface area contributed by atoms with Crippen LogP contribution in [0.25, 0.3) is 0 Å². The number of hydrogen-bond acceptors (Lipinski definition) is 3. The minimum atomic E-state index is -0.365. The van der Waals surface area contributed by atoms with Gasteiger partial charge in [0.15, 0.2) is 0 Å². The number of benzene rings is 2. The zero-order chi connectivity index (χ0) is 15.4. The molecule has 2 aromatic carbocycles. The highest BCUT2D eigenvalue weighted by atomic mass is 35.5. The van der Waals surface area contributed by atoms with Gasteiger partial charge >= 0.3 is 0 Å². The van der Waals surface area contributed by atoms with E-state index in [-0.39, 0.29) is 11.9 Å². The highest BCUT2D eigenvalue weighted by Gasteiger charge is 2.20. The van der Waals surface area contributed by atoms with Crippen LogP contribution in [-0.4, -0.2) is 21.3 Å². The van der Waals surface area contributed by atoms with Crippen LogP contribution in [0.2, 0.25) is 5.02 Å². The van der Waals surface area contributed by atoms with Crippen molar-refractivity contribution in [3.8, 4) is 11.5 Å². The van der Waals surface area contributed by atoms with E-state index < -0.39 is 0 Å². The van der Waals surface area contributed by atoms with Crippen molar-refractivity contribution >= 4 is 11.6 Å². The lowest BCUT2D eigenvalue weighted by Crippen LogP contribution is -2.19. The number of halogens is 2. The number of nitrogens with one attached hydrogen (secondary N) is 1. The van der Waals surface area contributed by atoms with Crippen molar-refractivity contribution in [3.05, 3.63) is 58.4 Å². The number of rotatable bonds is 5. The molecule has 2 rings (SSSR count). The molecular formula is C16H17ClFNO2. The van der Waals surface area contributed by atoms with Gasteiger partial charge in [-0.25, -0.2) is 4.39 Å². The summed E-state index contributed by atoms with van der Waals surface area (Å²) in [4.78, 5) is 0. The molecule has 0 aliphatic rings. The van der Waals surface area contributed by atoms with Crippen LogP contribution in [0.15, 0.2) is 36.4 Å². The molecule has 0 radical (unpaired) electrons. The molecule has 0 saturated heterocycles. The summed E-state index contributed by atoms with van der Waals surface area (Å²) in [5.74, 6) is 1.05. The molecule has 3 nitrogen and oxygen atoms in total. The van der Waals surface area contributed by atoms with Gasteiger partial charge in [0.2, 0.25) is 0 Å². The van der Waals surface area contributed by atoms with Gasteiger partial charge in [0.25, 0.3) is 0 Å². The fourth-order valence-corrected chi connectivity index (χ4v) is 2.56. The molecule has 1 atom stereocenters. The minimum absolute atomic E-state index is 0.233. The van der Waals surface area contributed by atoms with Crippen LogP contribution in [0.1, 0.15) is 17.2 Å². The first-order valence-electron chi connectivity index (χ1n) is 6.44. The third-order valence-electron chi connectivity index (χ3n) is 3.31. The van der Waals surface area contributed by atoms with E-state index in [9.17, 15) is 4.39 Å². The molecule has 2 aromatic rings. The maximum atomic E-state index is 13.2. The fourth-order valence-electron chi connectivity index (χ4n) is 2.28. The standard InChI is InChI=1S/C16H17ClFNO2/c1-19-16(12-6-4-10(18)8-14(12)17)13-9-11(20-2)5-7-15(13)21-3/h4-9,16,19H,1-3H3. The largest absolute Gasteiger partial charge is 0.497 e. The summed E-state index contributed by atoms with van der Waals surface area (Å²) in [5.41, 5.74) is 1.64. The Hall–Kier alpha value is -1.78. The topological polar surface area (TPSA) is 30.5 Å². The Balaban J connectivity index is 2.54. The lowest BCUT2D eigenvalue weighted by atomic mass is 9.97. The average molecular weight is 310 g/mol. The van der Waals surface area contributed by atoms with E-state index in [0.29, 0.717) is 16.5 Å². The molecule has 1 N–H and O–H groups in total. The highest BCUT2D eigenvalue weighted by molar-refractivity contribution is 6.31. The second-order valence-corrected chi connectivity index (χ2v) is 4.90. The Labute approximate surface area is 128 Å². The Morgan fingerprint density at radius 2 is 1.81 bits per heavy atom. The first kappa shape index (κ1) is 15.6. The molecule has 0 aliphatic carbocycles. The van der Waals surface area contributed by atoms with Crippen LogP contribution < -0.4 is 14.8 Å². The summed E-state index contributed by atoms with van der Waals surface area (Å²) in [5, 5.41) is 3.54. The van der Waals surface area contributed by atoms with E-state index >= 15 is 0 Å². The van der Waals surface area contributed by atoms with Gasteiger partial charge in [-0.1, -0.05) is 17.7 Å². The van der Waals surface area contributed by atoms with Crippen LogP contribution in [0.3, 0.4) is 0 Å². The van der Waals surface area contributed by atoms with Gasteiger partial charge in [-0.2, -0.15) is 0 Å². The lowest BCUT2D eigenvalue weighted by Gasteiger charge is -2.21. The molecule has 112 valence electrons. The summed E-state index contributed by atoms with van der Waals surface area (Å²) in [7, 11) is 5.01. The molecule has 21 heavy (non-hydrogen) atoms. The number of hydrogen-bond donors (Lipinski definition) is 1. The molecule has 0 heterocycles. The third-order valence-corrected chi connectivity index (χ3v) is 3.64. The Kier molecular flexibility index (Phi) is 5.04. The summed E-state index contributed by atoms with van der Waals surface area (Å²) in [6.07, 6.45) is 0. The Morgan fingerprint density at radius 1 is 1.05 bits per heavy atom. The first-order chi connectivity index (χ1) is 10.1. The summed E-state index contributed by atoms with van der Waals surface area (Å²) < 4.78 is 23.9. The Morgan fingerprint density at radius 3 is 2.38 bits per heavy atom. The van der Waals surface area contributed by atoms with E-state index in [1.807, 2.05) is 25.2 Å². The van der Waals surface area contributed by atoms with Crippen LogP contribution in [0.5, 0.6) is 11.5 Å². The van der Waals surface area contributed by atoms with E-state index in [2.05, 4.69) is 5.32 Å². The number of methoxy groups -OCH3 is 2. The van der Waals surface area contributed by atoms with E-state index in [1.54, 1.807) is 20.3 Å². The summed E-state index contributed by atoms with van der Waals surface area (Å²) in [6, 6.07) is 9.64. The maximum absolute atomic E-state index is 13.2. The number of ether oxygens (including phenoxy) is 2. The summed E-state index contributed by atoms with van der Waals surface area (Å²) >= 11 is 6.17. The normalized spacial score (nSPS) is 12.0. The molecule has 0 bridgehead atoms. The Bertz CT molecular complexity index is 634. The van der Waals surface area contributed by atoms with E-state index in [0.717, 1.165) is 11.1 Å². The van der Waals surface area contributed by atoms with Gasteiger partial charge in [0.05, 0.1) is 20.3 Å². The van der Waals surface area contributed by atoms with Gasteiger partial charge in [0, 0.05) is 10.6 Å². The van der Waals surface area contributed by atoms with Gasteiger partial charge in [0.1, 0.15) is 17.3 Å². The van der Waals surface area contributed by atoms with Crippen LogP contribution >= 0.6 is 11.6 Å². The molecule has 0 amide bonds. The molecule has 0 aromatic heterocycles. The van der Waals surface area contributed by atoms with Gasteiger partial charge in [-0.3, -0.25) is 0 Å². The second-order valence-electron chi connectivity index (χ2n) is 4.50. The molecule has 0 aliphatic heterocycles. The zero-order valence-electron chi connectivity index (χ0n) is 12.1. The maximum Gasteiger partial charge on any atom is 0.124 e. The minimum Gasteiger partial charge on any atom is -0.497 e. The van der Waals surface area contributed by atoms with E-state index in [4.69, 9.17) is 21.1 Å². The van der Waals surface area contributed by atoms with Crippen LogP contribution in [0.4, 0.5) is 4.39 Å². The zero-order valence-corrected chi connectivity index (χ0v) is 12.9. The van der Waals surface area contributed by atoms with Crippen molar-refractivity contribution in [3.63, 3.8) is 0 Å². The monoisotopic (exact) mass is 309 g/mol. The summed E-state index contributed by atoms with van der Waals surface area (Å²) in [6.45, 7) is 0. The fraction of sp³-hybridized carbons (Fsp3) is 0.250. The third kappa shape index (κ3) is 3.28. The molecule has 1 unspecified atom stereocenters. The molecule has 0 saturated carbocycles. The van der Waals surface area contributed by atoms with Crippen molar-refractivity contribution in [1.82, 2.24) is 5.32 Å². The SMILES string of the molecule is CNC(c1ccc(F)cc1Cl)c1cc(OC)ccc1OC. The smallest absolute Gasteiger partial charge is 0.124 e. The van der Waals surface area contributed by atoms with Crippen molar-refractivity contribution in [2.75, 3.05) is 21.3 Å². The quantitative estimate of drug-likeness (QED) is 0.911. The van der Waals surface area contributed by atoms with Gasteiger partial charge < -0.3 is 14.8 Å². The highest BCUT2D eigenvalue weighted by Crippen LogP contribution is 2.35. The predicted octanol–water partition coefficient (Wildman–Crippen LogP) is 3.81. The average Bonchev–Trinajstić information content (AvgIpc) is 2.49. The predicted molar refractivity (Wildman–Crippen MR) is 81.9 cm³/mol. The van der Waals surface area contributed by atoms with Crippen LogP contribution in [0, 0.1) is 5.82 Å². The second kappa shape index (κ2) is 6.78.